The molecular weight excluding hydrogens is 158 g/mol. The van der Waals surface area contributed by atoms with Crippen LogP contribution in [0.4, 0.5) is 0 Å². The van der Waals surface area contributed by atoms with Crippen molar-refractivity contribution >= 4 is 11.9 Å². The van der Waals surface area contributed by atoms with Gasteiger partial charge < -0.3 is 9.64 Å². The minimum absolute atomic E-state index is 0.0490. The van der Waals surface area contributed by atoms with E-state index in [2.05, 4.69) is 4.74 Å². The zero-order valence-electron chi connectivity index (χ0n) is 7.37. The number of likely N-dealkylation sites (tertiary alicyclic amines) is 1. The minimum atomic E-state index is -0.340. The van der Waals surface area contributed by atoms with Crippen LogP contribution in [0.5, 0.6) is 0 Å². The number of nitrogens with zero attached hydrogens (tertiary/aromatic N) is 1. The predicted molar refractivity (Wildman–Crippen MR) is 42.4 cm³/mol. The van der Waals surface area contributed by atoms with Crippen LogP contribution in [0.25, 0.3) is 0 Å². The van der Waals surface area contributed by atoms with Gasteiger partial charge in [0.25, 0.3) is 0 Å². The molecule has 0 N–H and O–H groups in total. The fourth-order valence-electron chi connectivity index (χ4n) is 1.51. The van der Waals surface area contributed by atoms with Gasteiger partial charge in [-0.2, -0.15) is 0 Å². The molecule has 1 heterocycles. The monoisotopic (exact) mass is 171 g/mol. The maximum Gasteiger partial charge on any atom is 0.328 e. The molecule has 4 heteroatoms. The number of carbonyl (C=O) groups is 2. The van der Waals surface area contributed by atoms with Gasteiger partial charge in [-0.1, -0.05) is 0 Å². The van der Waals surface area contributed by atoms with Gasteiger partial charge in [-0.3, -0.25) is 4.79 Å². The van der Waals surface area contributed by atoms with Crippen molar-refractivity contribution in [3.63, 3.8) is 0 Å². The molecule has 1 saturated heterocycles. The first-order chi connectivity index (χ1) is 5.70. The highest BCUT2D eigenvalue weighted by molar-refractivity contribution is 5.88. The summed E-state index contributed by atoms with van der Waals surface area (Å²) >= 11 is 0. The number of amides is 1. The SMILES string of the molecule is CCN1C(=O)CC[C@@H]1C(=O)OC. The van der Waals surface area contributed by atoms with Crippen LogP contribution in [0.15, 0.2) is 0 Å². The highest BCUT2D eigenvalue weighted by Gasteiger charge is 2.35. The second kappa shape index (κ2) is 3.56. The second-order valence-electron chi connectivity index (χ2n) is 2.76. The Morgan fingerprint density at radius 3 is 2.92 bits per heavy atom. The van der Waals surface area contributed by atoms with Gasteiger partial charge in [0.05, 0.1) is 7.11 Å². The van der Waals surface area contributed by atoms with Crippen molar-refractivity contribution in [1.29, 1.82) is 0 Å². The minimum Gasteiger partial charge on any atom is -0.467 e. The van der Waals surface area contributed by atoms with E-state index in [0.29, 0.717) is 19.4 Å². The van der Waals surface area contributed by atoms with Gasteiger partial charge in [0.1, 0.15) is 6.04 Å². The van der Waals surface area contributed by atoms with Crippen molar-refractivity contribution in [2.75, 3.05) is 13.7 Å². The number of esters is 1. The fourth-order valence-corrected chi connectivity index (χ4v) is 1.51. The number of hydrogen-bond donors (Lipinski definition) is 0. The van der Waals surface area contributed by atoms with E-state index in [1.165, 1.54) is 7.11 Å². The molecule has 0 spiro atoms. The molecule has 0 unspecified atom stereocenters. The van der Waals surface area contributed by atoms with Gasteiger partial charge in [0.15, 0.2) is 0 Å². The topological polar surface area (TPSA) is 46.6 Å². The third-order valence-electron chi connectivity index (χ3n) is 2.14. The Kier molecular flexibility index (Phi) is 2.68. The van der Waals surface area contributed by atoms with Crippen molar-refractivity contribution in [3.05, 3.63) is 0 Å². The maximum atomic E-state index is 11.2. The number of likely N-dealkylation sites (N-methyl/N-ethyl adjacent to an activating group) is 1. The van der Waals surface area contributed by atoms with Crippen LogP contribution in [0.1, 0.15) is 19.8 Å². The lowest BCUT2D eigenvalue weighted by Gasteiger charge is -2.20. The molecule has 1 amide bonds. The van der Waals surface area contributed by atoms with Gasteiger partial charge in [-0.05, 0) is 13.3 Å². The summed E-state index contributed by atoms with van der Waals surface area (Å²) in [4.78, 5) is 23.8. The molecule has 0 aliphatic carbocycles. The summed E-state index contributed by atoms with van der Waals surface area (Å²) < 4.78 is 4.58. The summed E-state index contributed by atoms with van der Waals surface area (Å²) in [7, 11) is 1.35. The first-order valence-corrected chi connectivity index (χ1v) is 4.08. The van der Waals surface area contributed by atoms with Crippen LogP contribution >= 0.6 is 0 Å². The number of methoxy groups -OCH3 is 1. The third kappa shape index (κ3) is 1.42. The van der Waals surface area contributed by atoms with E-state index in [9.17, 15) is 9.59 Å². The summed E-state index contributed by atoms with van der Waals surface area (Å²) in [5.74, 6) is -0.254. The van der Waals surface area contributed by atoms with Gasteiger partial charge in [0, 0.05) is 13.0 Å². The molecule has 1 rings (SSSR count). The maximum absolute atomic E-state index is 11.2. The van der Waals surface area contributed by atoms with Crippen molar-refractivity contribution < 1.29 is 14.3 Å². The summed E-state index contributed by atoms with van der Waals surface area (Å²) in [5, 5.41) is 0. The normalized spacial score (nSPS) is 23.0. The molecule has 0 aromatic rings. The lowest BCUT2D eigenvalue weighted by molar-refractivity contribution is -0.149. The summed E-state index contributed by atoms with van der Waals surface area (Å²) in [6.45, 7) is 2.44. The largest absolute Gasteiger partial charge is 0.467 e. The molecule has 12 heavy (non-hydrogen) atoms. The average Bonchev–Trinajstić information content (AvgIpc) is 2.45. The Morgan fingerprint density at radius 2 is 2.42 bits per heavy atom. The van der Waals surface area contributed by atoms with E-state index in [1.807, 2.05) is 6.92 Å². The van der Waals surface area contributed by atoms with Crippen LogP contribution in [-0.2, 0) is 14.3 Å². The van der Waals surface area contributed by atoms with E-state index in [-0.39, 0.29) is 17.9 Å². The van der Waals surface area contributed by atoms with E-state index in [0.717, 1.165) is 0 Å². The van der Waals surface area contributed by atoms with Crippen LogP contribution in [-0.4, -0.2) is 36.5 Å². The average molecular weight is 171 g/mol. The van der Waals surface area contributed by atoms with Crippen LogP contribution in [0.2, 0.25) is 0 Å². The second-order valence-corrected chi connectivity index (χ2v) is 2.76. The summed E-state index contributed by atoms with van der Waals surface area (Å²) in [6, 6.07) is -0.340. The smallest absolute Gasteiger partial charge is 0.328 e. The van der Waals surface area contributed by atoms with Gasteiger partial charge in [-0.15, -0.1) is 0 Å². The molecule has 1 fully saturated rings. The Balaban J connectivity index is 2.66. The van der Waals surface area contributed by atoms with Crippen molar-refractivity contribution in [1.82, 2.24) is 4.90 Å². The molecule has 0 radical (unpaired) electrons. The van der Waals surface area contributed by atoms with E-state index >= 15 is 0 Å². The molecular formula is C8H13NO3. The Labute approximate surface area is 71.5 Å². The number of hydrogen-bond acceptors (Lipinski definition) is 3. The molecule has 1 aliphatic rings. The molecule has 4 nitrogen and oxygen atoms in total. The summed E-state index contributed by atoms with van der Waals surface area (Å²) in [5.41, 5.74) is 0. The van der Waals surface area contributed by atoms with E-state index in [4.69, 9.17) is 0 Å². The highest BCUT2D eigenvalue weighted by Crippen LogP contribution is 2.18. The predicted octanol–water partition coefficient (Wildman–Crippen LogP) is 0.170. The molecule has 68 valence electrons. The number of ether oxygens (including phenoxy) is 1. The van der Waals surface area contributed by atoms with Crippen molar-refractivity contribution in [2.24, 2.45) is 0 Å². The fraction of sp³-hybridized carbons (Fsp3) is 0.750. The van der Waals surface area contributed by atoms with E-state index in [1.54, 1.807) is 4.90 Å². The van der Waals surface area contributed by atoms with Gasteiger partial charge >= 0.3 is 5.97 Å². The highest BCUT2D eigenvalue weighted by atomic mass is 16.5. The molecule has 0 saturated carbocycles. The summed E-state index contributed by atoms with van der Waals surface area (Å²) in [6.07, 6.45) is 1.06. The van der Waals surface area contributed by atoms with Crippen LogP contribution < -0.4 is 0 Å². The zero-order chi connectivity index (χ0) is 9.14. The molecule has 1 aliphatic heterocycles. The molecule has 0 bridgehead atoms. The number of carbonyl (C=O) groups excluding carboxylic acids is 2. The third-order valence-corrected chi connectivity index (χ3v) is 2.14. The van der Waals surface area contributed by atoms with E-state index < -0.39 is 0 Å². The quantitative estimate of drug-likeness (QED) is 0.556. The molecule has 1 atom stereocenters. The Bertz CT molecular complexity index is 202. The van der Waals surface area contributed by atoms with Crippen LogP contribution in [0.3, 0.4) is 0 Å². The molecule has 0 aromatic heterocycles. The number of rotatable bonds is 2. The Hall–Kier alpha value is -1.06. The van der Waals surface area contributed by atoms with Gasteiger partial charge in [-0.25, -0.2) is 4.79 Å². The molecule has 0 aromatic carbocycles. The standard InChI is InChI=1S/C8H13NO3/c1-3-9-6(8(11)12-2)4-5-7(9)10/h6H,3-5H2,1-2H3/t6-/m1/s1. The lowest BCUT2D eigenvalue weighted by Crippen LogP contribution is -2.38. The van der Waals surface area contributed by atoms with Crippen molar-refractivity contribution in [2.45, 2.75) is 25.8 Å². The van der Waals surface area contributed by atoms with Crippen molar-refractivity contribution in [3.8, 4) is 0 Å². The zero-order valence-corrected chi connectivity index (χ0v) is 7.37. The lowest BCUT2D eigenvalue weighted by atomic mass is 10.2. The Morgan fingerprint density at radius 1 is 1.75 bits per heavy atom. The first-order valence-electron chi connectivity index (χ1n) is 4.08. The van der Waals surface area contributed by atoms with Crippen LogP contribution in [0, 0.1) is 0 Å². The first kappa shape index (κ1) is 9.03. The van der Waals surface area contributed by atoms with Gasteiger partial charge in [0.2, 0.25) is 5.91 Å².